The van der Waals surface area contributed by atoms with Crippen LogP contribution in [0.3, 0.4) is 0 Å². The van der Waals surface area contributed by atoms with Crippen LogP contribution >= 0.6 is 24.0 Å². The quantitative estimate of drug-likeness (QED) is 0.285. The minimum Gasteiger partial charge on any atom is -0.467 e. The van der Waals surface area contributed by atoms with Gasteiger partial charge < -0.3 is 19.8 Å². The van der Waals surface area contributed by atoms with Crippen molar-refractivity contribution in [1.82, 2.24) is 10.6 Å². The van der Waals surface area contributed by atoms with Gasteiger partial charge in [-0.15, -0.1) is 24.0 Å². The minimum absolute atomic E-state index is 0. The Balaban J connectivity index is 0.00000400. The summed E-state index contributed by atoms with van der Waals surface area (Å²) in [5.74, 6) is 2.34. The summed E-state index contributed by atoms with van der Waals surface area (Å²) in [5, 5.41) is 6.44. The van der Waals surface area contributed by atoms with Crippen molar-refractivity contribution >= 4 is 29.9 Å². The van der Waals surface area contributed by atoms with E-state index in [2.05, 4.69) is 29.5 Å². The molecule has 5 nitrogen and oxygen atoms in total. The average molecular weight is 409 g/mol. The second-order valence-corrected chi connectivity index (χ2v) is 5.00. The van der Waals surface area contributed by atoms with E-state index >= 15 is 0 Å². The van der Waals surface area contributed by atoms with Crippen molar-refractivity contribution in [2.45, 2.75) is 33.7 Å². The predicted molar refractivity (Wildman–Crippen MR) is 97.2 cm³/mol. The first-order chi connectivity index (χ1) is 9.72. The van der Waals surface area contributed by atoms with E-state index in [-0.39, 0.29) is 24.0 Å². The molecule has 122 valence electrons. The monoisotopic (exact) mass is 409 g/mol. The Morgan fingerprint density at radius 2 is 2.14 bits per heavy atom. The fraction of sp³-hybridized carbons (Fsp3) is 0.667. The van der Waals surface area contributed by atoms with E-state index in [0.717, 1.165) is 37.8 Å². The van der Waals surface area contributed by atoms with E-state index in [9.17, 15) is 0 Å². The topological polar surface area (TPSA) is 58.8 Å². The van der Waals surface area contributed by atoms with Crippen LogP contribution in [-0.4, -0.2) is 32.3 Å². The minimum atomic E-state index is 0. The molecule has 2 N–H and O–H groups in total. The number of nitrogens with one attached hydrogen (secondary N) is 2. The van der Waals surface area contributed by atoms with Gasteiger partial charge in [0.05, 0.1) is 12.9 Å². The molecule has 1 aromatic heterocycles. The number of hydrogen-bond acceptors (Lipinski definition) is 3. The molecule has 0 amide bonds. The average Bonchev–Trinajstić information content (AvgIpc) is 2.92. The molecule has 0 radical (unpaired) electrons. The predicted octanol–water partition coefficient (Wildman–Crippen LogP) is 3.02. The molecule has 0 saturated carbocycles. The molecule has 0 fully saturated rings. The summed E-state index contributed by atoms with van der Waals surface area (Å²) in [4.78, 5) is 4.45. The molecule has 0 saturated heterocycles. The Labute approximate surface area is 144 Å². The number of nitrogens with zero attached hydrogens (tertiary/aromatic N) is 1. The van der Waals surface area contributed by atoms with Gasteiger partial charge in [0, 0.05) is 19.7 Å². The summed E-state index contributed by atoms with van der Waals surface area (Å²) in [6.07, 6.45) is 2.76. The van der Waals surface area contributed by atoms with Crippen LogP contribution in [0.25, 0.3) is 0 Å². The fourth-order valence-electron chi connectivity index (χ4n) is 1.56. The lowest BCUT2D eigenvalue weighted by Crippen LogP contribution is -2.39. The van der Waals surface area contributed by atoms with Gasteiger partial charge in [0.25, 0.3) is 0 Å². The molecule has 1 rings (SSSR count). The summed E-state index contributed by atoms with van der Waals surface area (Å²) in [5.41, 5.74) is 0. The van der Waals surface area contributed by atoms with Crippen LogP contribution in [0.5, 0.6) is 0 Å². The summed E-state index contributed by atoms with van der Waals surface area (Å²) < 4.78 is 10.8. The zero-order valence-corrected chi connectivity index (χ0v) is 15.6. The van der Waals surface area contributed by atoms with Gasteiger partial charge in [0.2, 0.25) is 0 Å². The Hall–Kier alpha value is -0.760. The number of halogens is 1. The number of guanidine groups is 1. The molecule has 0 bridgehead atoms. The number of rotatable bonds is 9. The third kappa shape index (κ3) is 10.6. The van der Waals surface area contributed by atoms with Crippen LogP contribution < -0.4 is 10.6 Å². The van der Waals surface area contributed by atoms with E-state index in [1.54, 1.807) is 6.26 Å². The maximum Gasteiger partial charge on any atom is 0.191 e. The Kier molecular flexibility index (Phi) is 12.5. The van der Waals surface area contributed by atoms with Gasteiger partial charge in [-0.2, -0.15) is 0 Å². The Morgan fingerprint density at radius 3 is 2.76 bits per heavy atom. The lowest BCUT2D eigenvalue weighted by atomic mass is 10.1. The fourth-order valence-corrected chi connectivity index (χ4v) is 1.56. The first-order valence-corrected chi connectivity index (χ1v) is 7.34. The largest absolute Gasteiger partial charge is 0.467 e. The van der Waals surface area contributed by atoms with Crippen molar-refractivity contribution in [2.75, 3.05) is 26.3 Å². The van der Waals surface area contributed by atoms with Gasteiger partial charge in [-0.25, -0.2) is 4.99 Å². The highest BCUT2D eigenvalue weighted by molar-refractivity contribution is 14.0. The highest BCUT2D eigenvalue weighted by atomic mass is 127. The summed E-state index contributed by atoms with van der Waals surface area (Å²) in [6, 6.07) is 3.79. The molecule has 0 aromatic carbocycles. The summed E-state index contributed by atoms with van der Waals surface area (Å²) >= 11 is 0. The third-order valence-corrected chi connectivity index (χ3v) is 2.70. The maximum absolute atomic E-state index is 5.56. The van der Waals surface area contributed by atoms with Gasteiger partial charge in [-0.3, -0.25) is 0 Å². The van der Waals surface area contributed by atoms with Gasteiger partial charge in [-0.1, -0.05) is 13.8 Å². The molecule has 0 unspecified atom stereocenters. The molecular weight excluding hydrogens is 381 g/mol. The lowest BCUT2D eigenvalue weighted by molar-refractivity contribution is 0.128. The molecule has 1 aromatic rings. The van der Waals surface area contributed by atoms with E-state index in [4.69, 9.17) is 9.15 Å². The molecular formula is C15H28IN3O2. The molecule has 21 heavy (non-hydrogen) atoms. The lowest BCUT2D eigenvalue weighted by Gasteiger charge is -2.11. The summed E-state index contributed by atoms with van der Waals surface area (Å²) in [6.45, 7) is 10.1. The first kappa shape index (κ1) is 20.2. The molecule has 6 heteroatoms. The molecule has 0 aliphatic heterocycles. The van der Waals surface area contributed by atoms with Crippen molar-refractivity contribution in [2.24, 2.45) is 10.9 Å². The standard InChI is InChI=1S/C15H27N3O2.HI/c1-4-16-15(18-12-14-6-5-9-20-14)17-8-11-19-10-7-13(2)3;/h5-6,9,13H,4,7-8,10-12H2,1-3H3,(H2,16,17,18);1H. The molecule has 0 aliphatic carbocycles. The number of ether oxygens (including phenoxy) is 1. The third-order valence-electron chi connectivity index (χ3n) is 2.70. The van der Waals surface area contributed by atoms with Gasteiger partial charge in [0.15, 0.2) is 5.96 Å². The SMILES string of the molecule is CCNC(=NCc1ccco1)NCCOCCC(C)C.I. The molecule has 0 atom stereocenters. The van der Waals surface area contributed by atoms with E-state index in [0.29, 0.717) is 19.1 Å². The zero-order chi connectivity index (χ0) is 14.6. The van der Waals surface area contributed by atoms with E-state index < -0.39 is 0 Å². The second kappa shape index (κ2) is 12.9. The van der Waals surface area contributed by atoms with E-state index in [1.165, 1.54) is 0 Å². The van der Waals surface area contributed by atoms with E-state index in [1.807, 2.05) is 19.1 Å². The van der Waals surface area contributed by atoms with Gasteiger partial charge in [-0.05, 0) is 31.4 Å². The highest BCUT2D eigenvalue weighted by Crippen LogP contribution is 2.01. The molecule has 0 aliphatic rings. The number of aliphatic imine (C=N–C) groups is 1. The van der Waals surface area contributed by atoms with Crippen molar-refractivity contribution in [3.8, 4) is 0 Å². The van der Waals surface area contributed by atoms with Crippen molar-refractivity contribution in [3.05, 3.63) is 24.2 Å². The Bertz CT molecular complexity index is 367. The molecule has 1 heterocycles. The zero-order valence-electron chi connectivity index (χ0n) is 13.2. The maximum atomic E-state index is 5.56. The van der Waals surface area contributed by atoms with Crippen LogP contribution in [0.2, 0.25) is 0 Å². The van der Waals surface area contributed by atoms with Crippen LogP contribution in [0.4, 0.5) is 0 Å². The smallest absolute Gasteiger partial charge is 0.191 e. The second-order valence-electron chi connectivity index (χ2n) is 5.00. The van der Waals surface area contributed by atoms with Crippen LogP contribution in [0.15, 0.2) is 27.8 Å². The number of furan rings is 1. The van der Waals surface area contributed by atoms with Crippen molar-refractivity contribution in [3.63, 3.8) is 0 Å². The Morgan fingerprint density at radius 1 is 1.33 bits per heavy atom. The molecule has 0 spiro atoms. The van der Waals surface area contributed by atoms with Crippen molar-refractivity contribution < 1.29 is 9.15 Å². The highest BCUT2D eigenvalue weighted by Gasteiger charge is 1.99. The van der Waals surface area contributed by atoms with Crippen molar-refractivity contribution in [1.29, 1.82) is 0 Å². The van der Waals surface area contributed by atoms with Gasteiger partial charge >= 0.3 is 0 Å². The van der Waals surface area contributed by atoms with Crippen LogP contribution in [0, 0.1) is 5.92 Å². The van der Waals surface area contributed by atoms with Gasteiger partial charge in [0.1, 0.15) is 12.3 Å². The number of hydrogen-bond donors (Lipinski definition) is 2. The summed E-state index contributed by atoms with van der Waals surface area (Å²) in [7, 11) is 0. The van der Waals surface area contributed by atoms with Crippen LogP contribution in [0.1, 0.15) is 33.0 Å². The van der Waals surface area contributed by atoms with Crippen LogP contribution in [-0.2, 0) is 11.3 Å². The normalized spacial score (nSPS) is 11.3. The first-order valence-electron chi connectivity index (χ1n) is 7.34.